The van der Waals surface area contributed by atoms with E-state index in [0.717, 1.165) is 13.1 Å². The Bertz CT molecular complexity index is 348. The summed E-state index contributed by atoms with van der Waals surface area (Å²) in [5.74, 6) is -0.467. The zero-order valence-corrected chi connectivity index (χ0v) is 13.0. The van der Waals surface area contributed by atoms with Crippen molar-refractivity contribution in [2.75, 3.05) is 45.9 Å². The Kier molecular flexibility index (Phi) is 6.86. The molecule has 0 bridgehead atoms. The van der Waals surface area contributed by atoms with E-state index in [0.29, 0.717) is 26.2 Å². The van der Waals surface area contributed by atoms with Crippen molar-refractivity contribution in [1.82, 2.24) is 9.96 Å². The van der Waals surface area contributed by atoms with Gasteiger partial charge in [-0.3, -0.25) is 9.69 Å². The molecule has 0 spiro atoms. The van der Waals surface area contributed by atoms with Crippen molar-refractivity contribution in [2.24, 2.45) is 5.73 Å². The second-order valence-corrected chi connectivity index (χ2v) is 5.85. The average Bonchev–Trinajstić information content (AvgIpc) is 2.34. The highest BCUT2D eigenvalue weighted by atomic mass is 16.8. The predicted octanol–water partition coefficient (Wildman–Crippen LogP) is -0.0274. The largest absolute Gasteiger partial charge is 0.528 e. The van der Waals surface area contributed by atoms with Gasteiger partial charge in [0.2, 0.25) is 5.91 Å². The van der Waals surface area contributed by atoms with Crippen molar-refractivity contribution in [3.63, 3.8) is 0 Å². The molecule has 8 nitrogen and oxygen atoms in total. The molecule has 0 saturated carbocycles. The molecule has 122 valence electrons. The number of hydroxylamine groups is 2. The second kappa shape index (κ2) is 8.16. The first-order valence-corrected chi connectivity index (χ1v) is 7.00. The summed E-state index contributed by atoms with van der Waals surface area (Å²) in [5.41, 5.74) is 4.42. The zero-order valence-electron chi connectivity index (χ0n) is 13.0. The van der Waals surface area contributed by atoms with E-state index >= 15 is 0 Å². The summed E-state index contributed by atoms with van der Waals surface area (Å²) in [6.45, 7) is 9.20. The minimum Gasteiger partial charge on any atom is -0.427 e. The molecule has 0 aromatic carbocycles. The van der Waals surface area contributed by atoms with E-state index in [1.54, 1.807) is 25.8 Å². The van der Waals surface area contributed by atoms with Crippen molar-refractivity contribution < 1.29 is 23.9 Å². The lowest BCUT2D eigenvalue weighted by atomic mass is 10.2. The van der Waals surface area contributed by atoms with Gasteiger partial charge in [-0.25, -0.2) is 4.79 Å². The summed E-state index contributed by atoms with van der Waals surface area (Å²) in [7, 11) is 0. The minimum atomic E-state index is -0.680. The van der Waals surface area contributed by atoms with Crippen LogP contribution in [0.3, 0.4) is 0 Å². The van der Waals surface area contributed by atoms with E-state index in [1.165, 1.54) is 0 Å². The van der Waals surface area contributed by atoms with Crippen LogP contribution in [0, 0.1) is 0 Å². The number of primary amides is 1. The molecule has 1 saturated heterocycles. The first-order valence-electron chi connectivity index (χ1n) is 7.00. The number of nitrogens with zero attached hydrogens (tertiary/aromatic N) is 2. The molecule has 2 N–H and O–H groups in total. The number of amides is 1. The van der Waals surface area contributed by atoms with E-state index in [-0.39, 0.29) is 6.61 Å². The van der Waals surface area contributed by atoms with Crippen molar-refractivity contribution >= 4 is 12.1 Å². The molecule has 1 fully saturated rings. The molecule has 1 aliphatic heterocycles. The molecule has 1 amide bonds. The summed E-state index contributed by atoms with van der Waals surface area (Å²) in [5, 5.41) is 1.59. The SMILES string of the molecule is CC(C)(C)OC(=O)ON1CCN(CCOCC(N)=O)CC1. The lowest BCUT2D eigenvalue weighted by Gasteiger charge is -2.33. The molecular weight excluding hydrogens is 278 g/mol. The van der Waals surface area contributed by atoms with Gasteiger partial charge in [0.25, 0.3) is 0 Å². The van der Waals surface area contributed by atoms with Gasteiger partial charge in [0.1, 0.15) is 12.2 Å². The van der Waals surface area contributed by atoms with Gasteiger partial charge in [-0.05, 0) is 20.8 Å². The fraction of sp³-hybridized carbons (Fsp3) is 0.846. The van der Waals surface area contributed by atoms with Crippen LogP contribution in [-0.2, 0) is 19.1 Å². The number of carbonyl (C=O) groups is 2. The van der Waals surface area contributed by atoms with E-state index in [2.05, 4.69) is 4.90 Å². The number of nitrogens with two attached hydrogens (primary N) is 1. The third kappa shape index (κ3) is 8.49. The van der Waals surface area contributed by atoms with Gasteiger partial charge < -0.3 is 20.0 Å². The maximum atomic E-state index is 11.5. The van der Waals surface area contributed by atoms with Crippen LogP contribution in [-0.4, -0.2) is 73.6 Å². The molecule has 1 heterocycles. The number of hydrogen-bond acceptors (Lipinski definition) is 7. The van der Waals surface area contributed by atoms with Crippen LogP contribution in [0.15, 0.2) is 0 Å². The minimum absolute atomic E-state index is 0.0538. The normalized spacial score (nSPS) is 17.5. The quantitative estimate of drug-likeness (QED) is 0.544. The number of carbonyl (C=O) groups excluding carboxylic acids is 2. The summed E-state index contributed by atoms with van der Waals surface area (Å²) < 4.78 is 10.2. The molecule has 0 aliphatic carbocycles. The Hall–Kier alpha value is -1.38. The topological polar surface area (TPSA) is 94.3 Å². The molecule has 0 aromatic rings. The third-order valence-corrected chi connectivity index (χ3v) is 2.72. The van der Waals surface area contributed by atoms with Crippen molar-refractivity contribution in [3.8, 4) is 0 Å². The highest BCUT2D eigenvalue weighted by Gasteiger charge is 2.23. The van der Waals surface area contributed by atoms with Crippen LogP contribution in [0.25, 0.3) is 0 Å². The van der Waals surface area contributed by atoms with Crippen molar-refractivity contribution in [2.45, 2.75) is 26.4 Å². The average molecular weight is 303 g/mol. The van der Waals surface area contributed by atoms with Crippen LogP contribution >= 0.6 is 0 Å². The maximum Gasteiger partial charge on any atom is 0.528 e. The Morgan fingerprint density at radius 3 is 2.29 bits per heavy atom. The van der Waals surface area contributed by atoms with Crippen LogP contribution in [0.2, 0.25) is 0 Å². The van der Waals surface area contributed by atoms with E-state index in [1.807, 2.05) is 0 Å². The van der Waals surface area contributed by atoms with Crippen LogP contribution < -0.4 is 5.73 Å². The highest BCUT2D eigenvalue weighted by molar-refractivity contribution is 5.74. The summed E-state index contributed by atoms with van der Waals surface area (Å²) in [6.07, 6.45) is -0.680. The molecule has 21 heavy (non-hydrogen) atoms. The molecule has 0 radical (unpaired) electrons. The molecule has 1 aliphatic rings. The Morgan fingerprint density at radius 1 is 1.14 bits per heavy atom. The van der Waals surface area contributed by atoms with Gasteiger partial charge in [-0.1, -0.05) is 0 Å². The molecule has 8 heteroatoms. The van der Waals surface area contributed by atoms with Gasteiger partial charge in [-0.2, -0.15) is 0 Å². The molecule has 0 aromatic heterocycles. The third-order valence-electron chi connectivity index (χ3n) is 2.72. The van der Waals surface area contributed by atoms with Crippen LogP contribution in [0.4, 0.5) is 4.79 Å². The van der Waals surface area contributed by atoms with Gasteiger partial charge in [-0.15, -0.1) is 5.06 Å². The Balaban J connectivity index is 2.14. The van der Waals surface area contributed by atoms with Crippen LogP contribution in [0.1, 0.15) is 20.8 Å². The first kappa shape index (κ1) is 17.7. The Morgan fingerprint density at radius 2 is 1.76 bits per heavy atom. The number of hydrogen-bond donors (Lipinski definition) is 1. The fourth-order valence-electron chi connectivity index (χ4n) is 1.78. The van der Waals surface area contributed by atoms with Gasteiger partial charge in [0, 0.05) is 32.7 Å². The van der Waals surface area contributed by atoms with Crippen LogP contribution in [0.5, 0.6) is 0 Å². The molecular formula is C13H25N3O5. The van der Waals surface area contributed by atoms with E-state index in [4.69, 9.17) is 20.0 Å². The molecule has 1 rings (SSSR count). The summed E-state index contributed by atoms with van der Waals surface area (Å²) in [6, 6.07) is 0. The lowest BCUT2D eigenvalue weighted by molar-refractivity contribution is -0.158. The fourth-order valence-corrected chi connectivity index (χ4v) is 1.78. The first-order chi connectivity index (χ1) is 9.76. The predicted molar refractivity (Wildman–Crippen MR) is 75.3 cm³/mol. The molecule has 0 unspecified atom stereocenters. The lowest BCUT2D eigenvalue weighted by Crippen LogP contribution is -2.48. The zero-order chi connectivity index (χ0) is 15.9. The molecule has 0 atom stereocenters. The van der Waals surface area contributed by atoms with Crippen molar-refractivity contribution in [3.05, 3.63) is 0 Å². The summed E-state index contributed by atoms with van der Waals surface area (Å²) in [4.78, 5) is 29.3. The van der Waals surface area contributed by atoms with E-state index < -0.39 is 17.7 Å². The van der Waals surface area contributed by atoms with Gasteiger partial charge in [0.05, 0.1) is 6.61 Å². The monoisotopic (exact) mass is 303 g/mol. The van der Waals surface area contributed by atoms with Crippen molar-refractivity contribution in [1.29, 1.82) is 0 Å². The standard InChI is InChI=1S/C13H25N3O5/c1-13(2,3)20-12(18)21-16-6-4-15(5-7-16)8-9-19-10-11(14)17/h4-10H2,1-3H3,(H2,14,17). The Labute approximate surface area is 125 Å². The smallest absolute Gasteiger partial charge is 0.427 e. The van der Waals surface area contributed by atoms with Gasteiger partial charge in [0.15, 0.2) is 0 Å². The summed E-state index contributed by atoms with van der Waals surface area (Å²) >= 11 is 0. The van der Waals surface area contributed by atoms with E-state index in [9.17, 15) is 9.59 Å². The number of rotatable bonds is 6. The van der Waals surface area contributed by atoms with Gasteiger partial charge >= 0.3 is 6.16 Å². The number of piperazine rings is 1. The number of ether oxygens (including phenoxy) is 2. The highest BCUT2D eigenvalue weighted by Crippen LogP contribution is 2.10. The maximum absolute atomic E-state index is 11.5. The second-order valence-electron chi connectivity index (χ2n) is 5.85.